The number of phenols is 1. The minimum absolute atomic E-state index is 0.169. The highest BCUT2D eigenvalue weighted by molar-refractivity contribution is 5.92. The molecule has 0 saturated heterocycles. The van der Waals surface area contributed by atoms with Crippen molar-refractivity contribution in [2.75, 3.05) is 0 Å². The summed E-state index contributed by atoms with van der Waals surface area (Å²) in [6.45, 7) is 0. The average molecular weight is 347 g/mol. The second kappa shape index (κ2) is 6.48. The Balaban J connectivity index is 1.61. The predicted octanol–water partition coefficient (Wildman–Crippen LogP) is 2.36. The lowest BCUT2D eigenvalue weighted by molar-refractivity contribution is 0.0930. The van der Waals surface area contributed by atoms with Gasteiger partial charge in [-0.2, -0.15) is 9.78 Å². The third-order valence-corrected chi connectivity index (χ3v) is 4.58. The van der Waals surface area contributed by atoms with E-state index in [-0.39, 0.29) is 29.0 Å². The van der Waals surface area contributed by atoms with Gasteiger partial charge >= 0.3 is 0 Å². The van der Waals surface area contributed by atoms with Crippen LogP contribution in [0.2, 0.25) is 0 Å². The Morgan fingerprint density at radius 2 is 1.88 bits per heavy atom. The van der Waals surface area contributed by atoms with Crippen molar-refractivity contribution in [2.45, 2.75) is 18.9 Å². The van der Waals surface area contributed by atoms with Gasteiger partial charge in [0, 0.05) is 6.07 Å². The van der Waals surface area contributed by atoms with Crippen molar-refractivity contribution in [3.8, 4) is 11.4 Å². The maximum Gasteiger partial charge on any atom is 0.272 e. The lowest BCUT2D eigenvalue weighted by atomic mass is 10.1. The van der Waals surface area contributed by atoms with Gasteiger partial charge in [-0.25, -0.2) is 0 Å². The van der Waals surface area contributed by atoms with Crippen LogP contribution < -0.4 is 10.9 Å². The molecule has 6 heteroatoms. The smallest absolute Gasteiger partial charge is 0.272 e. The van der Waals surface area contributed by atoms with E-state index in [0.29, 0.717) is 12.1 Å². The summed E-state index contributed by atoms with van der Waals surface area (Å²) in [5.41, 5.74) is 2.27. The van der Waals surface area contributed by atoms with Crippen molar-refractivity contribution < 1.29 is 9.90 Å². The molecule has 2 aromatic carbocycles. The number of rotatable bonds is 3. The highest BCUT2D eigenvalue weighted by Crippen LogP contribution is 2.36. The Morgan fingerprint density at radius 3 is 2.69 bits per heavy atom. The summed E-state index contributed by atoms with van der Waals surface area (Å²) in [7, 11) is 0. The van der Waals surface area contributed by atoms with E-state index in [2.05, 4.69) is 10.4 Å². The van der Waals surface area contributed by atoms with E-state index in [1.807, 2.05) is 12.1 Å². The Hall–Kier alpha value is -3.41. The van der Waals surface area contributed by atoms with Crippen molar-refractivity contribution in [3.63, 3.8) is 0 Å². The number of nitrogens with one attached hydrogen (secondary N) is 1. The molecule has 1 atom stereocenters. The van der Waals surface area contributed by atoms with E-state index in [4.69, 9.17) is 0 Å². The molecular formula is C20H17N3O3. The Bertz CT molecular complexity index is 1030. The third kappa shape index (κ3) is 2.86. The Morgan fingerprint density at radius 1 is 1.08 bits per heavy atom. The number of aromatic hydroxyl groups is 1. The monoisotopic (exact) mass is 347 g/mol. The van der Waals surface area contributed by atoms with E-state index >= 15 is 0 Å². The summed E-state index contributed by atoms with van der Waals surface area (Å²) in [5.74, 6) is -0.0918. The molecule has 26 heavy (non-hydrogen) atoms. The molecule has 0 bridgehead atoms. The second-order valence-corrected chi connectivity index (χ2v) is 6.21. The molecule has 6 nitrogen and oxygen atoms in total. The number of hydrogen-bond acceptors (Lipinski definition) is 4. The van der Waals surface area contributed by atoms with Crippen molar-refractivity contribution >= 4 is 5.91 Å². The van der Waals surface area contributed by atoms with E-state index in [1.54, 1.807) is 36.4 Å². The van der Waals surface area contributed by atoms with Crippen molar-refractivity contribution in [3.05, 3.63) is 87.8 Å². The minimum Gasteiger partial charge on any atom is -0.508 e. The summed E-state index contributed by atoms with van der Waals surface area (Å²) < 4.78 is 1.21. The summed E-state index contributed by atoms with van der Waals surface area (Å²) in [6.07, 6.45) is 1.43. The van der Waals surface area contributed by atoms with E-state index < -0.39 is 0 Å². The first kappa shape index (κ1) is 16.1. The van der Waals surface area contributed by atoms with Crippen LogP contribution in [0.5, 0.6) is 5.75 Å². The molecule has 0 radical (unpaired) electrons. The highest BCUT2D eigenvalue weighted by Gasteiger charge is 2.26. The number of fused-ring (bicyclic) bond motifs is 1. The van der Waals surface area contributed by atoms with Gasteiger partial charge in [-0.1, -0.05) is 30.3 Å². The lowest BCUT2D eigenvalue weighted by Crippen LogP contribution is -2.31. The Kier molecular flexibility index (Phi) is 4.01. The van der Waals surface area contributed by atoms with Gasteiger partial charge in [0.15, 0.2) is 0 Å². The van der Waals surface area contributed by atoms with E-state index in [0.717, 1.165) is 17.5 Å². The van der Waals surface area contributed by atoms with Gasteiger partial charge in [-0.3, -0.25) is 9.59 Å². The predicted molar refractivity (Wildman–Crippen MR) is 96.5 cm³/mol. The molecule has 0 spiro atoms. The first-order valence-electron chi connectivity index (χ1n) is 8.41. The maximum atomic E-state index is 12.6. The van der Waals surface area contributed by atoms with Gasteiger partial charge in [0.1, 0.15) is 11.4 Å². The third-order valence-electron chi connectivity index (χ3n) is 4.58. The molecule has 1 amide bonds. The number of amides is 1. The molecule has 0 unspecified atom stereocenters. The zero-order chi connectivity index (χ0) is 18.1. The number of benzene rings is 2. The number of carbonyl (C=O) groups is 1. The molecule has 0 fully saturated rings. The van der Waals surface area contributed by atoms with Crippen LogP contribution in [0.1, 0.15) is 34.1 Å². The summed E-state index contributed by atoms with van der Waals surface area (Å²) in [4.78, 5) is 24.7. The molecule has 1 aromatic heterocycles. The fourth-order valence-electron chi connectivity index (χ4n) is 3.30. The number of hydrogen-bond donors (Lipinski definition) is 2. The largest absolute Gasteiger partial charge is 0.508 e. The molecule has 1 aliphatic carbocycles. The Labute approximate surface area is 149 Å². The average Bonchev–Trinajstić information content (AvgIpc) is 3.07. The van der Waals surface area contributed by atoms with Crippen molar-refractivity contribution in [2.24, 2.45) is 0 Å². The molecule has 4 rings (SSSR count). The quantitative estimate of drug-likeness (QED) is 0.762. The van der Waals surface area contributed by atoms with Crippen LogP contribution in [0, 0.1) is 0 Å². The number of carbonyl (C=O) groups excluding carboxylic acids is 1. The lowest BCUT2D eigenvalue weighted by Gasteiger charge is -2.14. The van der Waals surface area contributed by atoms with Crippen LogP contribution >= 0.6 is 0 Å². The topological polar surface area (TPSA) is 84.2 Å². The summed E-state index contributed by atoms with van der Waals surface area (Å²) >= 11 is 0. The molecule has 1 heterocycles. The molecule has 2 N–H and O–H groups in total. The SMILES string of the molecule is O=C(N[C@H]1CCc2c(O)cccc21)c1ccc(=O)n(-c2ccccc2)n1. The van der Waals surface area contributed by atoms with Crippen LogP contribution in [-0.2, 0) is 6.42 Å². The van der Waals surface area contributed by atoms with Crippen LogP contribution in [0.15, 0.2) is 65.5 Å². The zero-order valence-electron chi connectivity index (χ0n) is 13.9. The number of para-hydroxylation sites is 1. The van der Waals surface area contributed by atoms with Crippen LogP contribution in [0.3, 0.4) is 0 Å². The van der Waals surface area contributed by atoms with E-state index in [9.17, 15) is 14.7 Å². The maximum absolute atomic E-state index is 12.6. The van der Waals surface area contributed by atoms with Crippen LogP contribution in [-0.4, -0.2) is 20.8 Å². The van der Waals surface area contributed by atoms with E-state index in [1.165, 1.54) is 16.8 Å². The molecule has 3 aromatic rings. The number of phenolic OH excluding ortho intramolecular Hbond substituents is 1. The van der Waals surface area contributed by atoms with Gasteiger partial charge < -0.3 is 10.4 Å². The molecule has 0 aliphatic heterocycles. The molecule has 0 saturated carbocycles. The van der Waals surface area contributed by atoms with Gasteiger partial charge in [-0.15, -0.1) is 0 Å². The number of aromatic nitrogens is 2. The fourth-order valence-corrected chi connectivity index (χ4v) is 3.30. The molecule has 1 aliphatic rings. The fraction of sp³-hybridized carbons (Fsp3) is 0.150. The normalized spacial score (nSPS) is 15.5. The molecular weight excluding hydrogens is 330 g/mol. The zero-order valence-corrected chi connectivity index (χ0v) is 13.9. The van der Waals surface area contributed by atoms with Gasteiger partial charge in [0.25, 0.3) is 11.5 Å². The minimum atomic E-state index is -0.351. The summed E-state index contributed by atoms with van der Waals surface area (Å²) in [6, 6.07) is 16.9. The first-order valence-corrected chi connectivity index (χ1v) is 8.41. The molecule has 130 valence electrons. The van der Waals surface area contributed by atoms with Crippen molar-refractivity contribution in [1.29, 1.82) is 0 Å². The van der Waals surface area contributed by atoms with Gasteiger partial charge in [0.2, 0.25) is 0 Å². The number of nitrogens with zero attached hydrogens (tertiary/aromatic N) is 2. The first-order chi connectivity index (χ1) is 12.6. The van der Waals surface area contributed by atoms with Crippen molar-refractivity contribution in [1.82, 2.24) is 15.1 Å². The highest BCUT2D eigenvalue weighted by atomic mass is 16.3. The van der Waals surface area contributed by atoms with Crippen LogP contribution in [0.4, 0.5) is 0 Å². The van der Waals surface area contributed by atoms with Crippen LogP contribution in [0.25, 0.3) is 5.69 Å². The standard InChI is InChI=1S/C20H17N3O3/c24-18-8-4-7-14-15(18)9-10-16(14)21-20(26)17-11-12-19(25)23(22-17)13-5-2-1-3-6-13/h1-8,11-12,16,24H,9-10H2,(H,21,26)/t16-/m0/s1. The van der Waals surface area contributed by atoms with Gasteiger partial charge in [-0.05, 0) is 48.2 Å². The van der Waals surface area contributed by atoms with Gasteiger partial charge in [0.05, 0.1) is 11.7 Å². The second-order valence-electron chi connectivity index (χ2n) is 6.21. The summed E-state index contributed by atoms with van der Waals surface area (Å²) in [5, 5.41) is 17.1.